The van der Waals surface area contributed by atoms with Crippen LogP contribution in [0.5, 0.6) is 0 Å². The fraction of sp³-hybridized carbons (Fsp3) is 0.263. The molecule has 1 saturated heterocycles. The highest BCUT2D eigenvalue weighted by atomic mass is 35.5. The van der Waals surface area contributed by atoms with Crippen molar-refractivity contribution < 1.29 is 9.18 Å². The van der Waals surface area contributed by atoms with Crippen molar-refractivity contribution in [1.82, 2.24) is 4.90 Å². The van der Waals surface area contributed by atoms with Crippen molar-refractivity contribution >= 4 is 34.8 Å². The van der Waals surface area contributed by atoms with Gasteiger partial charge in [0.15, 0.2) is 5.96 Å². The van der Waals surface area contributed by atoms with Gasteiger partial charge < -0.3 is 20.9 Å². The molecule has 3 N–H and O–H groups in total. The minimum absolute atomic E-state index is 0.111. The Morgan fingerprint density at radius 3 is 2.52 bits per heavy atom. The maximum absolute atomic E-state index is 13.1. The molecule has 1 heterocycles. The molecule has 1 fully saturated rings. The largest absolute Gasteiger partial charge is 0.370 e. The van der Waals surface area contributed by atoms with Crippen molar-refractivity contribution in [2.75, 3.05) is 42.9 Å². The second-order valence-electron chi connectivity index (χ2n) is 6.18. The fourth-order valence-corrected chi connectivity index (χ4v) is 2.99. The number of guanidine groups is 1. The smallest absolute Gasteiger partial charge is 0.246 e. The molecule has 2 aromatic carbocycles. The van der Waals surface area contributed by atoms with E-state index in [0.29, 0.717) is 29.8 Å². The van der Waals surface area contributed by atoms with Crippen LogP contribution in [-0.2, 0) is 4.79 Å². The lowest BCUT2D eigenvalue weighted by Gasteiger charge is -2.36. The van der Waals surface area contributed by atoms with E-state index in [9.17, 15) is 9.18 Å². The monoisotopic (exact) mass is 389 g/mol. The summed E-state index contributed by atoms with van der Waals surface area (Å²) in [6.45, 7) is 2.91. The molecule has 0 bridgehead atoms. The van der Waals surface area contributed by atoms with E-state index in [-0.39, 0.29) is 12.5 Å². The van der Waals surface area contributed by atoms with Crippen molar-refractivity contribution in [1.29, 1.82) is 0 Å². The van der Waals surface area contributed by atoms with E-state index in [2.05, 4.69) is 15.2 Å². The molecule has 8 heteroatoms. The molecule has 0 spiro atoms. The number of hydrogen-bond donors (Lipinski definition) is 2. The van der Waals surface area contributed by atoms with Crippen LogP contribution < -0.4 is 16.0 Å². The lowest BCUT2D eigenvalue weighted by molar-refractivity contribution is -0.114. The van der Waals surface area contributed by atoms with Crippen LogP contribution in [-0.4, -0.2) is 49.5 Å². The van der Waals surface area contributed by atoms with Gasteiger partial charge in [0.1, 0.15) is 12.4 Å². The third kappa shape index (κ3) is 5.34. The number of piperazine rings is 1. The van der Waals surface area contributed by atoms with E-state index in [4.69, 9.17) is 17.3 Å². The summed E-state index contributed by atoms with van der Waals surface area (Å²) in [5.74, 6) is -0.419. The molecular formula is C19H21ClFN5O. The van der Waals surface area contributed by atoms with Crippen LogP contribution in [0.1, 0.15) is 0 Å². The normalized spacial score (nSPS) is 15.0. The van der Waals surface area contributed by atoms with Crippen LogP contribution in [0.4, 0.5) is 15.8 Å². The number of anilines is 2. The van der Waals surface area contributed by atoms with Crippen LogP contribution in [0.2, 0.25) is 5.02 Å². The van der Waals surface area contributed by atoms with Crippen molar-refractivity contribution in [3.8, 4) is 0 Å². The Labute approximate surface area is 162 Å². The van der Waals surface area contributed by atoms with Gasteiger partial charge in [-0.1, -0.05) is 17.7 Å². The number of rotatable bonds is 4. The van der Waals surface area contributed by atoms with Crippen LogP contribution in [0, 0.1) is 5.82 Å². The van der Waals surface area contributed by atoms with Crippen LogP contribution in [0.3, 0.4) is 0 Å². The zero-order valence-corrected chi connectivity index (χ0v) is 15.5. The lowest BCUT2D eigenvalue weighted by Crippen LogP contribution is -2.51. The highest BCUT2D eigenvalue weighted by Crippen LogP contribution is 2.19. The number of nitrogens with one attached hydrogen (secondary N) is 1. The second-order valence-corrected chi connectivity index (χ2v) is 6.62. The number of nitrogens with zero attached hydrogens (tertiary/aromatic N) is 3. The maximum Gasteiger partial charge on any atom is 0.246 e. The zero-order valence-electron chi connectivity index (χ0n) is 14.7. The Bertz CT molecular complexity index is 819. The van der Waals surface area contributed by atoms with E-state index < -0.39 is 5.82 Å². The molecule has 1 amide bonds. The molecule has 0 atom stereocenters. The molecule has 0 unspecified atom stereocenters. The molecular weight excluding hydrogens is 369 g/mol. The quantitative estimate of drug-likeness (QED) is 0.622. The van der Waals surface area contributed by atoms with Crippen LogP contribution in [0.15, 0.2) is 53.5 Å². The van der Waals surface area contributed by atoms with Gasteiger partial charge in [0.25, 0.3) is 0 Å². The number of amides is 1. The Morgan fingerprint density at radius 2 is 1.85 bits per heavy atom. The van der Waals surface area contributed by atoms with Gasteiger partial charge in [-0.25, -0.2) is 9.38 Å². The maximum atomic E-state index is 13.1. The average Bonchev–Trinajstić information content (AvgIpc) is 2.67. The fourth-order valence-electron chi connectivity index (χ4n) is 2.87. The van der Waals surface area contributed by atoms with E-state index in [0.717, 1.165) is 18.8 Å². The molecule has 0 radical (unpaired) electrons. The van der Waals surface area contributed by atoms with Gasteiger partial charge in [-0.15, -0.1) is 0 Å². The van der Waals surface area contributed by atoms with E-state index in [1.807, 2.05) is 29.2 Å². The summed E-state index contributed by atoms with van der Waals surface area (Å²) < 4.78 is 13.1. The van der Waals surface area contributed by atoms with Gasteiger partial charge in [0.05, 0.1) is 0 Å². The van der Waals surface area contributed by atoms with E-state index in [1.54, 1.807) is 6.07 Å². The minimum Gasteiger partial charge on any atom is -0.370 e. The zero-order chi connectivity index (χ0) is 19.2. The molecule has 3 rings (SSSR count). The van der Waals surface area contributed by atoms with Gasteiger partial charge in [0, 0.05) is 42.6 Å². The van der Waals surface area contributed by atoms with Crippen LogP contribution >= 0.6 is 11.6 Å². The SMILES string of the molecule is NC(=NCC(=O)Nc1cccc(F)c1)N1CCN(c2ccc(Cl)cc2)CC1. The standard InChI is InChI=1S/C19H21ClFN5O/c20-14-4-6-17(7-5-14)25-8-10-26(11-9-25)19(22)23-13-18(27)24-16-3-1-2-15(21)12-16/h1-7,12H,8-11,13H2,(H2,22,23)(H,24,27). The van der Waals surface area contributed by atoms with Crippen molar-refractivity contribution in [2.45, 2.75) is 0 Å². The van der Waals surface area contributed by atoms with Gasteiger partial charge >= 0.3 is 0 Å². The Kier molecular flexibility index (Phi) is 6.13. The molecule has 1 aliphatic heterocycles. The van der Waals surface area contributed by atoms with Crippen molar-refractivity contribution in [3.05, 3.63) is 59.4 Å². The molecule has 0 aliphatic carbocycles. The third-order valence-electron chi connectivity index (χ3n) is 4.29. The first kappa shape index (κ1) is 19.0. The van der Waals surface area contributed by atoms with Gasteiger partial charge in [0.2, 0.25) is 5.91 Å². The first-order valence-electron chi connectivity index (χ1n) is 8.62. The third-order valence-corrected chi connectivity index (χ3v) is 4.54. The molecule has 1 aliphatic rings. The second kappa shape index (κ2) is 8.73. The highest BCUT2D eigenvalue weighted by Gasteiger charge is 2.18. The number of halogens is 2. The molecule has 2 aromatic rings. The van der Waals surface area contributed by atoms with E-state index in [1.165, 1.54) is 18.2 Å². The molecule has 0 saturated carbocycles. The minimum atomic E-state index is -0.408. The lowest BCUT2D eigenvalue weighted by atomic mass is 10.2. The summed E-state index contributed by atoms with van der Waals surface area (Å²) in [7, 11) is 0. The summed E-state index contributed by atoms with van der Waals surface area (Å²) >= 11 is 5.92. The van der Waals surface area contributed by atoms with E-state index >= 15 is 0 Å². The number of nitrogens with two attached hydrogens (primary N) is 1. The van der Waals surface area contributed by atoms with Gasteiger partial charge in [-0.2, -0.15) is 0 Å². The number of aliphatic imine (C=N–C) groups is 1. The molecule has 27 heavy (non-hydrogen) atoms. The Morgan fingerprint density at radius 1 is 1.15 bits per heavy atom. The average molecular weight is 390 g/mol. The number of hydrogen-bond acceptors (Lipinski definition) is 3. The molecule has 142 valence electrons. The van der Waals surface area contributed by atoms with Gasteiger partial charge in [-0.05, 0) is 42.5 Å². The van der Waals surface area contributed by atoms with Crippen molar-refractivity contribution in [2.24, 2.45) is 10.7 Å². The summed E-state index contributed by atoms with van der Waals surface area (Å²) in [4.78, 5) is 20.3. The topological polar surface area (TPSA) is 74.0 Å². The number of carbonyl (C=O) groups excluding carboxylic acids is 1. The predicted octanol–water partition coefficient (Wildman–Crippen LogP) is 2.55. The summed E-state index contributed by atoms with van der Waals surface area (Å²) in [5.41, 5.74) is 7.53. The number of benzene rings is 2. The van der Waals surface area contributed by atoms with Crippen LogP contribution in [0.25, 0.3) is 0 Å². The Balaban J connectivity index is 1.48. The summed E-state index contributed by atoms with van der Waals surface area (Å²) in [5, 5.41) is 3.31. The predicted molar refractivity (Wildman–Crippen MR) is 107 cm³/mol. The summed E-state index contributed by atoms with van der Waals surface area (Å²) in [6.07, 6.45) is 0. The first-order valence-corrected chi connectivity index (χ1v) is 9.00. The van der Waals surface area contributed by atoms with Gasteiger partial charge in [-0.3, -0.25) is 4.79 Å². The molecule has 0 aromatic heterocycles. The highest BCUT2D eigenvalue weighted by molar-refractivity contribution is 6.30. The Hall–Kier alpha value is -2.80. The first-order chi connectivity index (χ1) is 13.0. The summed E-state index contributed by atoms with van der Waals surface area (Å²) in [6, 6.07) is 13.4. The van der Waals surface area contributed by atoms with Crippen molar-refractivity contribution in [3.63, 3.8) is 0 Å². The molecule has 6 nitrogen and oxygen atoms in total. The number of carbonyl (C=O) groups is 1.